The summed E-state index contributed by atoms with van der Waals surface area (Å²) in [5.41, 5.74) is 9.07. The molecule has 0 spiro atoms. The standard InChI is InChI=1S/C14H16F3N3OS/c1-5-8-11(22-4)6(2)9(10(7(3)18)13(19)21)12(20-8)14(15,16)17/h5H,1,18H2,2-4H3,(H2,19,21)/b10-7-. The maximum atomic E-state index is 13.3. The summed E-state index contributed by atoms with van der Waals surface area (Å²) in [5, 5.41) is 0. The molecule has 120 valence electrons. The van der Waals surface area contributed by atoms with Crippen LogP contribution >= 0.6 is 11.8 Å². The van der Waals surface area contributed by atoms with Crippen molar-refractivity contribution in [3.05, 3.63) is 34.8 Å². The first-order valence-electron chi connectivity index (χ1n) is 6.10. The van der Waals surface area contributed by atoms with Gasteiger partial charge in [0.05, 0.1) is 11.3 Å². The lowest BCUT2D eigenvalue weighted by atomic mass is 9.95. The molecule has 4 nitrogen and oxygen atoms in total. The van der Waals surface area contributed by atoms with Crippen LogP contribution in [0, 0.1) is 6.92 Å². The number of aromatic nitrogens is 1. The Morgan fingerprint density at radius 1 is 1.36 bits per heavy atom. The minimum absolute atomic E-state index is 0.0960. The van der Waals surface area contributed by atoms with Gasteiger partial charge in [-0.05, 0) is 31.7 Å². The number of nitrogens with zero attached hydrogens (tertiary/aromatic N) is 1. The quantitative estimate of drug-likeness (QED) is 0.656. The third kappa shape index (κ3) is 3.27. The molecule has 0 fully saturated rings. The number of carbonyl (C=O) groups excluding carboxylic acids is 1. The van der Waals surface area contributed by atoms with Crippen LogP contribution in [-0.4, -0.2) is 17.1 Å². The summed E-state index contributed by atoms with van der Waals surface area (Å²) in [6.07, 6.45) is -1.83. The van der Waals surface area contributed by atoms with Gasteiger partial charge in [0, 0.05) is 16.2 Å². The molecular formula is C14H16F3N3OS. The van der Waals surface area contributed by atoms with Crippen LogP contribution in [0.5, 0.6) is 0 Å². The van der Waals surface area contributed by atoms with Crippen molar-refractivity contribution in [1.82, 2.24) is 4.98 Å². The number of rotatable bonds is 4. The second-order valence-corrected chi connectivity index (χ2v) is 5.32. The first-order valence-corrected chi connectivity index (χ1v) is 7.33. The van der Waals surface area contributed by atoms with Crippen molar-refractivity contribution in [1.29, 1.82) is 0 Å². The molecule has 0 bridgehead atoms. The van der Waals surface area contributed by atoms with Crippen LogP contribution in [-0.2, 0) is 11.0 Å². The zero-order valence-corrected chi connectivity index (χ0v) is 13.2. The predicted molar refractivity (Wildman–Crippen MR) is 81.8 cm³/mol. The summed E-state index contributed by atoms with van der Waals surface area (Å²) in [4.78, 5) is 15.7. The van der Waals surface area contributed by atoms with E-state index in [1.54, 1.807) is 6.26 Å². The fourth-order valence-corrected chi connectivity index (χ4v) is 2.88. The largest absolute Gasteiger partial charge is 0.433 e. The molecule has 22 heavy (non-hydrogen) atoms. The van der Waals surface area contributed by atoms with Crippen LogP contribution in [0.3, 0.4) is 0 Å². The van der Waals surface area contributed by atoms with Crippen LogP contribution in [0.1, 0.15) is 29.4 Å². The Bertz CT molecular complexity index is 662. The van der Waals surface area contributed by atoms with E-state index in [1.807, 2.05) is 0 Å². The number of halogens is 3. The van der Waals surface area contributed by atoms with Crippen molar-refractivity contribution in [2.45, 2.75) is 24.9 Å². The molecule has 0 aromatic carbocycles. The minimum atomic E-state index is -4.76. The normalized spacial score (nSPS) is 12.8. The van der Waals surface area contributed by atoms with Crippen LogP contribution < -0.4 is 11.5 Å². The highest BCUT2D eigenvalue weighted by molar-refractivity contribution is 7.98. The Labute approximate surface area is 130 Å². The molecule has 4 N–H and O–H groups in total. The number of hydrogen-bond acceptors (Lipinski definition) is 4. The summed E-state index contributed by atoms with van der Waals surface area (Å²) in [5.74, 6) is -1.03. The Balaban J connectivity index is 4.01. The summed E-state index contributed by atoms with van der Waals surface area (Å²) in [6.45, 7) is 6.27. The number of hydrogen-bond donors (Lipinski definition) is 2. The molecular weight excluding hydrogens is 315 g/mol. The Morgan fingerprint density at radius 2 is 1.91 bits per heavy atom. The van der Waals surface area contributed by atoms with Crippen molar-refractivity contribution < 1.29 is 18.0 Å². The first kappa shape index (κ1) is 18.1. The molecule has 0 aliphatic rings. The first-order chi connectivity index (χ1) is 10.1. The average molecular weight is 331 g/mol. The maximum Gasteiger partial charge on any atom is 0.433 e. The van der Waals surface area contributed by atoms with Gasteiger partial charge in [0.2, 0.25) is 0 Å². The van der Waals surface area contributed by atoms with Gasteiger partial charge in [-0.2, -0.15) is 13.2 Å². The zero-order valence-electron chi connectivity index (χ0n) is 12.3. The number of alkyl halides is 3. The third-order valence-corrected chi connectivity index (χ3v) is 3.90. The van der Waals surface area contributed by atoms with E-state index in [1.165, 1.54) is 31.7 Å². The summed E-state index contributed by atoms with van der Waals surface area (Å²) in [6, 6.07) is 0. The van der Waals surface area contributed by atoms with E-state index >= 15 is 0 Å². The van der Waals surface area contributed by atoms with E-state index in [4.69, 9.17) is 11.5 Å². The lowest BCUT2D eigenvalue weighted by molar-refractivity contribution is -0.141. The van der Waals surface area contributed by atoms with Crippen LogP contribution in [0.2, 0.25) is 0 Å². The summed E-state index contributed by atoms with van der Waals surface area (Å²) in [7, 11) is 0. The molecule has 1 rings (SSSR count). The number of allylic oxidation sites excluding steroid dienone is 1. The molecule has 0 radical (unpaired) electrons. The van der Waals surface area contributed by atoms with Gasteiger partial charge in [-0.3, -0.25) is 4.79 Å². The molecule has 0 saturated carbocycles. The number of carbonyl (C=O) groups is 1. The van der Waals surface area contributed by atoms with E-state index in [9.17, 15) is 18.0 Å². The predicted octanol–water partition coefficient (Wildman–Crippen LogP) is 2.95. The molecule has 0 aliphatic carbocycles. The van der Waals surface area contributed by atoms with E-state index in [2.05, 4.69) is 11.6 Å². The second-order valence-electron chi connectivity index (χ2n) is 4.50. The highest BCUT2D eigenvalue weighted by atomic mass is 32.2. The van der Waals surface area contributed by atoms with Gasteiger partial charge in [-0.25, -0.2) is 4.98 Å². The van der Waals surface area contributed by atoms with E-state index in [0.717, 1.165) is 0 Å². The topological polar surface area (TPSA) is 82.0 Å². The Kier molecular flexibility index (Phi) is 5.29. The minimum Gasteiger partial charge on any atom is -0.402 e. The number of thioether (sulfide) groups is 1. The van der Waals surface area contributed by atoms with Crippen molar-refractivity contribution >= 4 is 29.3 Å². The molecule has 1 amide bonds. The van der Waals surface area contributed by atoms with Gasteiger partial charge < -0.3 is 11.5 Å². The third-order valence-electron chi connectivity index (χ3n) is 2.97. The Hall–Kier alpha value is -1.96. The van der Waals surface area contributed by atoms with E-state index < -0.39 is 17.8 Å². The van der Waals surface area contributed by atoms with E-state index in [0.29, 0.717) is 4.90 Å². The van der Waals surface area contributed by atoms with Gasteiger partial charge in [0.1, 0.15) is 0 Å². The lowest BCUT2D eigenvalue weighted by Crippen LogP contribution is -2.23. The highest BCUT2D eigenvalue weighted by Crippen LogP contribution is 2.40. The van der Waals surface area contributed by atoms with Gasteiger partial charge in [-0.15, -0.1) is 11.8 Å². The monoisotopic (exact) mass is 331 g/mol. The molecule has 8 heteroatoms. The van der Waals surface area contributed by atoms with Crippen molar-refractivity contribution in [3.63, 3.8) is 0 Å². The fourth-order valence-electron chi connectivity index (χ4n) is 2.13. The second kappa shape index (κ2) is 6.43. The summed E-state index contributed by atoms with van der Waals surface area (Å²) >= 11 is 1.20. The number of amides is 1. The number of primary amides is 1. The molecule has 1 aromatic rings. The Morgan fingerprint density at radius 3 is 2.23 bits per heavy atom. The lowest BCUT2D eigenvalue weighted by Gasteiger charge is -2.20. The van der Waals surface area contributed by atoms with Crippen LogP contribution in [0.4, 0.5) is 13.2 Å². The fraction of sp³-hybridized carbons (Fsp3) is 0.286. The maximum absolute atomic E-state index is 13.3. The van der Waals surface area contributed by atoms with Gasteiger partial charge in [0.25, 0.3) is 5.91 Å². The molecule has 1 aromatic heterocycles. The molecule has 0 atom stereocenters. The number of nitrogens with two attached hydrogens (primary N) is 2. The average Bonchev–Trinajstić information content (AvgIpc) is 2.38. The van der Waals surface area contributed by atoms with Crippen LogP contribution in [0.25, 0.3) is 11.6 Å². The smallest absolute Gasteiger partial charge is 0.402 e. The molecule has 0 saturated heterocycles. The summed E-state index contributed by atoms with van der Waals surface area (Å²) < 4.78 is 40.0. The zero-order chi connectivity index (χ0) is 17.2. The van der Waals surface area contributed by atoms with Crippen molar-refractivity contribution in [2.24, 2.45) is 11.5 Å². The van der Waals surface area contributed by atoms with E-state index in [-0.39, 0.29) is 28.1 Å². The van der Waals surface area contributed by atoms with Gasteiger partial charge in [0.15, 0.2) is 5.69 Å². The number of pyridine rings is 1. The van der Waals surface area contributed by atoms with Gasteiger partial charge >= 0.3 is 6.18 Å². The van der Waals surface area contributed by atoms with Crippen LogP contribution in [0.15, 0.2) is 17.2 Å². The van der Waals surface area contributed by atoms with Crippen molar-refractivity contribution in [2.75, 3.05) is 6.26 Å². The highest BCUT2D eigenvalue weighted by Gasteiger charge is 2.39. The molecule has 1 heterocycles. The SMILES string of the molecule is C=Cc1nc(C(F)(F)F)c(/C(C(N)=O)=C(\C)N)c(C)c1SC. The molecule has 0 aliphatic heterocycles. The van der Waals surface area contributed by atoms with Crippen molar-refractivity contribution in [3.8, 4) is 0 Å². The molecule has 0 unspecified atom stereocenters. The van der Waals surface area contributed by atoms with Gasteiger partial charge in [-0.1, -0.05) is 6.58 Å².